The molecule has 1 saturated heterocycles. The van der Waals surface area contributed by atoms with E-state index in [4.69, 9.17) is 15.5 Å². The van der Waals surface area contributed by atoms with Gasteiger partial charge in [0.05, 0.1) is 39.0 Å². The van der Waals surface area contributed by atoms with Crippen molar-refractivity contribution < 1.29 is 13.9 Å². The summed E-state index contributed by atoms with van der Waals surface area (Å²) < 4.78 is 22.4. The Morgan fingerprint density at radius 1 is 1.15 bits per heavy atom. The van der Waals surface area contributed by atoms with Crippen molar-refractivity contribution in [2.75, 3.05) is 32.4 Å². The van der Waals surface area contributed by atoms with Crippen LogP contribution in [-0.2, 0) is 17.9 Å². The molecule has 208 valence electrons. The minimum atomic E-state index is -0.571. The molecule has 4 aromatic rings. The average Bonchev–Trinajstić information content (AvgIpc) is 3.51. The topological polar surface area (TPSA) is 84.6 Å². The summed E-state index contributed by atoms with van der Waals surface area (Å²) in [7, 11) is 2.17. The molecule has 2 aliphatic heterocycles. The smallest absolute Gasteiger partial charge is 0.257 e. The monoisotopic (exact) mass is 559 g/mol. The highest BCUT2D eigenvalue weighted by molar-refractivity contribution is 7.18. The fraction of sp³-hybridized carbons (Fsp3) is 0.452. The number of nitrogens with two attached hydrogens (primary N) is 1. The maximum Gasteiger partial charge on any atom is 0.257 e. The molecule has 1 unspecified atom stereocenters. The number of thiazole rings is 1. The lowest BCUT2D eigenvalue weighted by Gasteiger charge is -2.27. The van der Waals surface area contributed by atoms with Gasteiger partial charge in [-0.05, 0) is 88.0 Å². The van der Waals surface area contributed by atoms with Gasteiger partial charge in [-0.15, -0.1) is 11.3 Å². The van der Waals surface area contributed by atoms with E-state index in [0.29, 0.717) is 42.9 Å². The number of benzene rings is 2. The van der Waals surface area contributed by atoms with E-state index in [-0.39, 0.29) is 17.6 Å². The van der Waals surface area contributed by atoms with E-state index in [0.717, 1.165) is 71.1 Å². The summed E-state index contributed by atoms with van der Waals surface area (Å²) in [6.07, 6.45) is 4.30. The van der Waals surface area contributed by atoms with Gasteiger partial charge in [0.15, 0.2) is 0 Å². The number of anilines is 1. The van der Waals surface area contributed by atoms with Crippen LogP contribution < -0.4 is 5.73 Å². The molecule has 2 fully saturated rings. The fourth-order valence-electron chi connectivity index (χ4n) is 6.19. The molecular formula is C31H34FN5O2S. The number of aromatic nitrogens is 2. The van der Waals surface area contributed by atoms with Gasteiger partial charge < -0.3 is 20.3 Å². The first-order chi connectivity index (χ1) is 19.3. The number of carbonyl (C=O) groups excluding carboxylic acids is 1. The Balaban J connectivity index is 1.19. The van der Waals surface area contributed by atoms with E-state index in [1.165, 1.54) is 11.1 Å². The van der Waals surface area contributed by atoms with E-state index >= 15 is 4.39 Å². The standard InChI is InChI=1S/C31H34FN5O2S/c1-17-28-23(16-39-17)21-12-22(24(32)13-26(21)34-29(28)33)31(38)37(14-18-3-4-18)15-19-5-6-25-27(11-19)40-30(35-25)20-7-9-36(2)10-8-20/h5-6,11-13,17-18,20H,3-4,7-10,14-16H2,1-2H3,(H2,33,34). The lowest BCUT2D eigenvalue weighted by Crippen LogP contribution is -2.33. The van der Waals surface area contributed by atoms with Crippen molar-refractivity contribution in [3.8, 4) is 0 Å². The molecular weight excluding hydrogens is 525 g/mol. The highest BCUT2D eigenvalue weighted by Crippen LogP contribution is 2.39. The van der Waals surface area contributed by atoms with Gasteiger partial charge in [-0.3, -0.25) is 4.79 Å². The van der Waals surface area contributed by atoms with Gasteiger partial charge in [-0.1, -0.05) is 6.07 Å². The predicted octanol–water partition coefficient (Wildman–Crippen LogP) is 6.02. The van der Waals surface area contributed by atoms with Crippen LogP contribution in [0.5, 0.6) is 0 Å². The van der Waals surface area contributed by atoms with E-state index in [1.54, 1.807) is 17.4 Å². The molecule has 1 aliphatic carbocycles. The first kappa shape index (κ1) is 25.8. The number of rotatable bonds is 6. The van der Waals surface area contributed by atoms with Crippen molar-refractivity contribution in [2.24, 2.45) is 5.92 Å². The van der Waals surface area contributed by atoms with Crippen molar-refractivity contribution in [1.29, 1.82) is 0 Å². The van der Waals surface area contributed by atoms with Crippen LogP contribution in [0, 0.1) is 11.7 Å². The number of hydrogen-bond acceptors (Lipinski definition) is 7. The number of likely N-dealkylation sites (tertiary alicyclic amines) is 1. The Kier molecular flexibility index (Phi) is 6.48. The van der Waals surface area contributed by atoms with Crippen LogP contribution in [0.3, 0.4) is 0 Å². The molecule has 1 amide bonds. The number of nitrogen functional groups attached to an aromatic ring is 1. The second kappa shape index (κ2) is 10.0. The molecule has 2 aromatic carbocycles. The van der Waals surface area contributed by atoms with E-state index in [2.05, 4.69) is 35.1 Å². The Hall–Kier alpha value is -3.14. The average molecular weight is 560 g/mol. The number of halogens is 1. The van der Waals surface area contributed by atoms with Gasteiger partial charge in [-0.2, -0.15) is 0 Å². The normalized spacial score (nSPS) is 19.9. The van der Waals surface area contributed by atoms with Crippen LogP contribution in [0.2, 0.25) is 0 Å². The molecule has 3 aliphatic rings. The number of amides is 1. The van der Waals surface area contributed by atoms with Crippen molar-refractivity contribution >= 4 is 44.2 Å². The maximum absolute atomic E-state index is 15.4. The molecule has 9 heteroatoms. The summed E-state index contributed by atoms with van der Waals surface area (Å²) in [6.45, 7) is 5.57. The molecule has 7 rings (SSSR count). The number of hydrogen-bond donors (Lipinski definition) is 1. The van der Waals surface area contributed by atoms with Crippen LogP contribution in [0.4, 0.5) is 10.2 Å². The summed E-state index contributed by atoms with van der Waals surface area (Å²) in [5.74, 6) is 0.480. The maximum atomic E-state index is 15.4. The van der Waals surface area contributed by atoms with Gasteiger partial charge in [-0.25, -0.2) is 14.4 Å². The largest absolute Gasteiger partial charge is 0.383 e. The fourth-order valence-corrected chi connectivity index (χ4v) is 7.39. The number of ether oxygens (including phenoxy) is 1. The lowest BCUT2D eigenvalue weighted by atomic mass is 9.98. The Morgan fingerprint density at radius 2 is 1.95 bits per heavy atom. The number of nitrogens with zero attached hydrogens (tertiary/aromatic N) is 4. The van der Waals surface area contributed by atoms with Crippen molar-refractivity contribution in [2.45, 2.75) is 57.8 Å². The van der Waals surface area contributed by atoms with Crippen LogP contribution in [-0.4, -0.2) is 52.4 Å². The van der Waals surface area contributed by atoms with E-state index in [9.17, 15) is 4.79 Å². The second-order valence-corrected chi connectivity index (χ2v) is 12.8. The third-order valence-corrected chi connectivity index (χ3v) is 9.92. The van der Waals surface area contributed by atoms with Crippen molar-refractivity contribution in [1.82, 2.24) is 19.8 Å². The minimum absolute atomic E-state index is 0.0740. The SMILES string of the molecule is CC1OCc2c1c(N)nc1cc(F)c(C(=O)N(Cc3ccc4nc(C5CCN(C)CC5)sc4c3)CC3CC3)cc21. The first-order valence-electron chi connectivity index (χ1n) is 14.2. The van der Waals surface area contributed by atoms with Gasteiger partial charge in [0.2, 0.25) is 0 Å². The minimum Gasteiger partial charge on any atom is -0.383 e. The van der Waals surface area contributed by atoms with Gasteiger partial charge in [0.1, 0.15) is 11.6 Å². The van der Waals surface area contributed by atoms with Crippen LogP contribution >= 0.6 is 11.3 Å². The second-order valence-electron chi connectivity index (χ2n) is 11.8. The van der Waals surface area contributed by atoms with Gasteiger partial charge >= 0.3 is 0 Å². The molecule has 7 nitrogen and oxygen atoms in total. The Labute approximate surface area is 237 Å². The molecule has 2 N–H and O–H groups in total. The van der Waals surface area contributed by atoms with Gasteiger partial charge in [0.25, 0.3) is 5.91 Å². The molecule has 4 heterocycles. The molecule has 0 radical (unpaired) electrons. The molecule has 1 atom stereocenters. The van der Waals surface area contributed by atoms with E-state index in [1.807, 2.05) is 11.8 Å². The van der Waals surface area contributed by atoms with Crippen LogP contribution in [0.25, 0.3) is 21.1 Å². The number of fused-ring (bicyclic) bond motifs is 4. The molecule has 0 bridgehead atoms. The third-order valence-electron chi connectivity index (χ3n) is 8.74. The van der Waals surface area contributed by atoms with E-state index < -0.39 is 5.82 Å². The highest BCUT2D eigenvalue weighted by atomic mass is 32.1. The highest BCUT2D eigenvalue weighted by Gasteiger charge is 2.31. The summed E-state index contributed by atoms with van der Waals surface area (Å²) in [5, 5.41) is 1.95. The zero-order chi connectivity index (χ0) is 27.5. The quantitative estimate of drug-likeness (QED) is 0.311. The summed E-state index contributed by atoms with van der Waals surface area (Å²) in [5.41, 5.74) is 10.5. The van der Waals surface area contributed by atoms with Crippen LogP contribution in [0.15, 0.2) is 30.3 Å². The zero-order valence-corrected chi connectivity index (χ0v) is 23.8. The number of carbonyl (C=O) groups is 1. The molecule has 2 aromatic heterocycles. The molecule has 0 spiro atoms. The van der Waals surface area contributed by atoms with Crippen molar-refractivity contribution in [3.63, 3.8) is 0 Å². The Morgan fingerprint density at radius 3 is 2.73 bits per heavy atom. The third kappa shape index (κ3) is 4.74. The number of piperidine rings is 1. The predicted molar refractivity (Wildman–Crippen MR) is 156 cm³/mol. The lowest BCUT2D eigenvalue weighted by molar-refractivity contribution is 0.0730. The molecule has 40 heavy (non-hydrogen) atoms. The zero-order valence-electron chi connectivity index (χ0n) is 23.0. The number of pyridine rings is 1. The first-order valence-corrected chi connectivity index (χ1v) is 15.1. The summed E-state index contributed by atoms with van der Waals surface area (Å²) in [6, 6.07) is 9.28. The summed E-state index contributed by atoms with van der Waals surface area (Å²) >= 11 is 1.77. The van der Waals surface area contributed by atoms with Crippen molar-refractivity contribution in [3.05, 3.63) is 63.4 Å². The van der Waals surface area contributed by atoms with Gasteiger partial charge in [0, 0.05) is 36.0 Å². The van der Waals surface area contributed by atoms with Crippen LogP contribution in [0.1, 0.15) is 76.7 Å². The summed E-state index contributed by atoms with van der Waals surface area (Å²) in [4.78, 5) is 27.5. The molecule has 1 saturated carbocycles. The Bertz CT molecular complexity index is 1630.